The smallest absolute Gasteiger partial charge is 0.264 e. The molecule has 0 bridgehead atoms. The molecule has 47 heavy (non-hydrogen) atoms. The average Bonchev–Trinajstić information content (AvgIpc) is 3.07. The Balaban J connectivity index is 1.13. The lowest BCUT2D eigenvalue weighted by atomic mass is 10.1. The first-order valence-electron chi connectivity index (χ1n) is 16.7. The molecule has 0 aromatic heterocycles. The molecule has 0 heterocycles. The van der Waals surface area contributed by atoms with Crippen molar-refractivity contribution in [2.45, 2.75) is 75.0 Å². The average molecular weight is 676 g/mol. The van der Waals surface area contributed by atoms with E-state index >= 15 is 0 Å². The fraction of sp³-hybridized carbons (Fsp3) is 0.368. The summed E-state index contributed by atoms with van der Waals surface area (Å²) in [6, 6.07) is 32.7. The number of rotatable bonds is 20. The van der Waals surface area contributed by atoms with E-state index in [-0.39, 0.29) is 0 Å². The molecule has 9 heteroatoms. The van der Waals surface area contributed by atoms with Crippen LogP contribution in [0.25, 0.3) is 0 Å². The third kappa shape index (κ3) is 10.7. The number of sulfonamides is 2. The highest BCUT2D eigenvalue weighted by Crippen LogP contribution is 2.26. The van der Waals surface area contributed by atoms with E-state index in [0.717, 1.165) is 69.2 Å². The Labute approximate surface area is 282 Å². The normalized spacial score (nSPS) is 11.8. The molecule has 0 saturated heterocycles. The minimum Gasteiger partial charge on any atom is -0.317 e. The first kappa shape index (κ1) is 36.2. The van der Waals surface area contributed by atoms with Crippen molar-refractivity contribution in [2.75, 3.05) is 34.8 Å². The van der Waals surface area contributed by atoms with Gasteiger partial charge in [-0.2, -0.15) is 0 Å². The van der Waals surface area contributed by atoms with Gasteiger partial charge in [-0.1, -0.05) is 104 Å². The third-order valence-electron chi connectivity index (χ3n) is 8.24. The standard InChI is InChI=1S/C38H49N3O4S2/c1-33-21-25-37(26-22-33)46(42,43)40(35-17-10-8-11-18-35)31-15-7-5-3-4-6-14-29-39-30-16-32-41(36-19-12-9-13-20-36)47(44,45)38-27-23-34(2)24-28-38/h8-13,17-28,39H,3-7,14-16,29-32H2,1-2H3. The molecule has 1 N–H and O–H groups in total. The van der Waals surface area contributed by atoms with Crippen LogP contribution in [0.5, 0.6) is 0 Å². The van der Waals surface area contributed by atoms with Crippen LogP contribution in [0, 0.1) is 13.8 Å². The summed E-state index contributed by atoms with van der Waals surface area (Å²) in [4.78, 5) is 0.627. The number of aryl methyl sites for hydroxylation is 2. The Morgan fingerprint density at radius 3 is 1.26 bits per heavy atom. The quantitative estimate of drug-likeness (QED) is 0.0957. The maximum absolute atomic E-state index is 13.5. The molecule has 252 valence electrons. The van der Waals surface area contributed by atoms with Crippen LogP contribution >= 0.6 is 0 Å². The van der Waals surface area contributed by atoms with E-state index in [4.69, 9.17) is 0 Å². The van der Waals surface area contributed by atoms with Gasteiger partial charge in [-0.25, -0.2) is 16.8 Å². The molecule has 0 atom stereocenters. The topological polar surface area (TPSA) is 86.8 Å². The van der Waals surface area contributed by atoms with Gasteiger partial charge in [-0.05, 0) is 94.7 Å². The summed E-state index contributed by atoms with van der Waals surface area (Å²) in [6.45, 7) is 6.41. The summed E-state index contributed by atoms with van der Waals surface area (Å²) in [5.41, 5.74) is 3.43. The van der Waals surface area contributed by atoms with Gasteiger partial charge >= 0.3 is 0 Å². The Morgan fingerprint density at radius 2 is 0.809 bits per heavy atom. The number of anilines is 2. The fourth-order valence-electron chi connectivity index (χ4n) is 5.50. The molecule has 0 amide bonds. The Bertz CT molecular complexity index is 1570. The molecule has 7 nitrogen and oxygen atoms in total. The van der Waals surface area contributed by atoms with Crippen LogP contribution in [-0.2, 0) is 20.0 Å². The van der Waals surface area contributed by atoms with E-state index in [1.807, 2.05) is 98.8 Å². The van der Waals surface area contributed by atoms with Gasteiger partial charge in [0.15, 0.2) is 0 Å². The van der Waals surface area contributed by atoms with Crippen molar-refractivity contribution in [3.63, 3.8) is 0 Å². The summed E-state index contributed by atoms with van der Waals surface area (Å²) in [7, 11) is -7.29. The number of unbranched alkanes of at least 4 members (excludes halogenated alkanes) is 6. The van der Waals surface area contributed by atoms with Gasteiger partial charge in [0.2, 0.25) is 0 Å². The molecule has 0 fully saturated rings. The SMILES string of the molecule is Cc1ccc(S(=O)(=O)N(CCCCCCCCCNCCCN(c2ccccc2)S(=O)(=O)c2ccc(C)cc2)c2ccccc2)cc1. The molecule has 0 aliphatic carbocycles. The molecule has 4 aromatic carbocycles. The lowest BCUT2D eigenvalue weighted by Gasteiger charge is -2.25. The van der Waals surface area contributed by atoms with E-state index < -0.39 is 20.0 Å². The summed E-state index contributed by atoms with van der Waals surface area (Å²) in [5, 5.41) is 3.48. The van der Waals surface area contributed by atoms with Crippen molar-refractivity contribution in [3.05, 3.63) is 120 Å². The zero-order valence-electron chi connectivity index (χ0n) is 27.7. The second-order valence-corrected chi connectivity index (χ2v) is 15.8. The van der Waals surface area contributed by atoms with Crippen molar-refractivity contribution in [3.8, 4) is 0 Å². The van der Waals surface area contributed by atoms with Gasteiger partial charge < -0.3 is 5.32 Å². The van der Waals surface area contributed by atoms with Crippen LogP contribution in [0.3, 0.4) is 0 Å². The number of para-hydroxylation sites is 2. The summed E-state index contributed by atoms with van der Waals surface area (Å²) in [6.07, 6.45) is 8.03. The molecular formula is C38H49N3O4S2. The second-order valence-electron chi connectivity index (χ2n) is 12.0. The highest BCUT2D eigenvalue weighted by Gasteiger charge is 2.25. The maximum atomic E-state index is 13.5. The number of nitrogens with zero attached hydrogens (tertiary/aromatic N) is 2. The van der Waals surface area contributed by atoms with Crippen LogP contribution in [0.1, 0.15) is 62.5 Å². The largest absolute Gasteiger partial charge is 0.317 e. The predicted octanol–water partition coefficient (Wildman–Crippen LogP) is 8.10. The zero-order chi connectivity index (χ0) is 33.5. The molecule has 0 aliphatic rings. The Morgan fingerprint density at radius 1 is 0.447 bits per heavy atom. The van der Waals surface area contributed by atoms with Crippen molar-refractivity contribution in [1.82, 2.24) is 5.32 Å². The third-order valence-corrected chi connectivity index (χ3v) is 11.9. The molecule has 0 saturated carbocycles. The summed E-state index contributed by atoms with van der Waals surface area (Å²) >= 11 is 0. The van der Waals surface area contributed by atoms with Gasteiger partial charge in [0.05, 0.1) is 21.2 Å². The van der Waals surface area contributed by atoms with Crippen LogP contribution in [-0.4, -0.2) is 43.0 Å². The van der Waals surface area contributed by atoms with Crippen molar-refractivity contribution >= 4 is 31.4 Å². The first-order chi connectivity index (χ1) is 22.7. The van der Waals surface area contributed by atoms with E-state index in [9.17, 15) is 16.8 Å². The number of nitrogens with one attached hydrogen (secondary N) is 1. The number of benzene rings is 4. The molecule has 4 aromatic rings. The Hall–Kier alpha value is -3.66. The molecule has 0 unspecified atom stereocenters. The monoisotopic (exact) mass is 675 g/mol. The molecule has 0 spiro atoms. The second kappa shape index (κ2) is 18.0. The van der Waals surface area contributed by atoms with Crippen LogP contribution < -0.4 is 13.9 Å². The van der Waals surface area contributed by atoms with E-state index in [0.29, 0.717) is 40.7 Å². The molecular weight excluding hydrogens is 627 g/mol. The van der Waals surface area contributed by atoms with E-state index in [1.54, 1.807) is 28.6 Å². The molecule has 0 radical (unpaired) electrons. The number of hydrogen-bond donors (Lipinski definition) is 1. The predicted molar refractivity (Wildman–Crippen MR) is 194 cm³/mol. The first-order valence-corrected chi connectivity index (χ1v) is 19.6. The molecule has 0 aliphatic heterocycles. The Kier molecular flexibility index (Phi) is 13.9. The van der Waals surface area contributed by atoms with Crippen molar-refractivity contribution < 1.29 is 16.8 Å². The highest BCUT2D eigenvalue weighted by atomic mass is 32.2. The van der Waals surface area contributed by atoms with Gasteiger partial charge in [0.1, 0.15) is 0 Å². The fourth-order valence-corrected chi connectivity index (χ4v) is 8.51. The van der Waals surface area contributed by atoms with E-state index in [2.05, 4.69) is 5.32 Å². The van der Waals surface area contributed by atoms with Gasteiger partial charge in [-0.15, -0.1) is 0 Å². The van der Waals surface area contributed by atoms with Gasteiger partial charge in [0.25, 0.3) is 20.0 Å². The summed E-state index contributed by atoms with van der Waals surface area (Å²) < 4.78 is 56.9. The van der Waals surface area contributed by atoms with Crippen molar-refractivity contribution in [2.24, 2.45) is 0 Å². The van der Waals surface area contributed by atoms with E-state index in [1.165, 1.54) is 4.31 Å². The molecule has 4 rings (SSSR count). The minimum atomic E-state index is -3.65. The van der Waals surface area contributed by atoms with Crippen molar-refractivity contribution in [1.29, 1.82) is 0 Å². The minimum absolute atomic E-state index is 0.306. The zero-order valence-corrected chi connectivity index (χ0v) is 29.4. The maximum Gasteiger partial charge on any atom is 0.264 e. The van der Waals surface area contributed by atoms with Crippen LogP contribution in [0.15, 0.2) is 119 Å². The van der Waals surface area contributed by atoms with Crippen LogP contribution in [0.4, 0.5) is 11.4 Å². The van der Waals surface area contributed by atoms with Gasteiger partial charge in [-0.3, -0.25) is 8.61 Å². The number of hydrogen-bond acceptors (Lipinski definition) is 5. The van der Waals surface area contributed by atoms with Gasteiger partial charge in [0, 0.05) is 13.1 Å². The highest BCUT2D eigenvalue weighted by molar-refractivity contribution is 7.93. The van der Waals surface area contributed by atoms with Crippen LogP contribution in [0.2, 0.25) is 0 Å². The lowest BCUT2D eigenvalue weighted by molar-refractivity contribution is 0.551. The lowest BCUT2D eigenvalue weighted by Crippen LogP contribution is -2.33. The summed E-state index contributed by atoms with van der Waals surface area (Å²) in [5.74, 6) is 0.